The van der Waals surface area contributed by atoms with Crippen LogP contribution < -0.4 is 5.32 Å². The summed E-state index contributed by atoms with van der Waals surface area (Å²) < 4.78 is 0. The van der Waals surface area contributed by atoms with Crippen LogP contribution in [0.25, 0.3) is 0 Å². The highest BCUT2D eigenvalue weighted by Gasteiger charge is 2.20. The van der Waals surface area contributed by atoms with Crippen molar-refractivity contribution in [3.8, 4) is 0 Å². The molecule has 1 fully saturated rings. The van der Waals surface area contributed by atoms with E-state index in [0.717, 1.165) is 17.2 Å². The maximum Gasteiger partial charge on any atom is 0.00777 e. The molecule has 1 rings (SSSR count). The van der Waals surface area contributed by atoms with Gasteiger partial charge in [-0.15, -0.1) is 0 Å². The first-order chi connectivity index (χ1) is 6.22. The Bertz CT molecular complexity index is 136. The zero-order chi connectivity index (χ0) is 9.68. The molecule has 0 heterocycles. The van der Waals surface area contributed by atoms with Gasteiger partial charge in [-0.1, -0.05) is 20.3 Å². The van der Waals surface area contributed by atoms with Crippen molar-refractivity contribution in [1.29, 1.82) is 0 Å². The number of hydrogen-bond donors (Lipinski definition) is 1. The van der Waals surface area contributed by atoms with Crippen LogP contribution in [0, 0.1) is 5.92 Å². The fourth-order valence-corrected chi connectivity index (χ4v) is 2.77. The third kappa shape index (κ3) is 4.37. The average molecular weight is 201 g/mol. The van der Waals surface area contributed by atoms with Gasteiger partial charge in [-0.25, -0.2) is 0 Å². The molecule has 1 saturated carbocycles. The zero-order valence-corrected chi connectivity index (χ0v) is 9.99. The van der Waals surface area contributed by atoms with E-state index in [1.54, 1.807) is 0 Å². The molecule has 0 spiro atoms. The Labute approximate surface area is 87.1 Å². The van der Waals surface area contributed by atoms with Gasteiger partial charge >= 0.3 is 0 Å². The number of nitrogens with one attached hydrogen (secondary N) is 1. The second-order valence-electron chi connectivity index (χ2n) is 4.52. The smallest absolute Gasteiger partial charge is 0.00777 e. The Balaban J connectivity index is 2.18. The van der Waals surface area contributed by atoms with Crippen molar-refractivity contribution >= 4 is 11.8 Å². The lowest BCUT2D eigenvalue weighted by molar-refractivity contribution is 0.364. The Kier molecular flexibility index (Phi) is 5.18. The van der Waals surface area contributed by atoms with Crippen molar-refractivity contribution in [1.82, 2.24) is 5.32 Å². The average Bonchev–Trinajstić information content (AvgIpc) is 2.15. The van der Waals surface area contributed by atoms with Crippen molar-refractivity contribution in [3.63, 3.8) is 0 Å². The van der Waals surface area contributed by atoms with E-state index in [-0.39, 0.29) is 0 Å². The molecule has 0 bridgehead atoms. The van der Waals surface area contributed by atoms with Gasteiger partial charge in [0.05, 0.1) is 0 Å². The Morgan fingerprint density at radius 2 is 2.15 bits per heavy atom. The van der Waals surface area contributed by atoms with E-state index in [1.807, 2.05) is 11.8 Å². The fourth-order valence-electron chi connectivity index (χ4n) is 1.95. The highest BCUT2D eigenvalue weighted by molar-refractivity contribution is 7.99. The van der Waals surface area contributed by atoms with Crippen molar-refractivity contribution in [2.75, 3.05) is 12.8 Å². The Morgan fingerprint density at radius 3 is 2.77 bits per heavy atom. The molecular weight excluding hydrogens is 178 g/mol. The maximum absolute atomic E-state index is 3.67. The summed E-state index contributed by atoms with van der Waals surface area (Å²) in [6, 6.07) is 0.800. The van der Waals surface area contributed by atoms with Crippen molar-refractivity contribution in [3.05, 3.63) is 0 Å². The zero-order valence-electron chi connectivity index (χ0n) is 9.18. The summed E-state index contributed by atoms with van der Waals surface area (Å²) in [5.41, 5.74) is 0. The second kappa shape index (κ2) is 5.92. The quantitative estimate of drug-likeness (QED) is 0.750. The van der Waals surface area contributed by atoms with Gasteiger partial charge in [0.2, 0.25) is 0 Å². The van der Waals surface area contributed by atoms with Gasteiger partial charge in [-0.3, -0.25) is 0 Å². The van der Waals surface area contributed by atoms with Crippen LogP contribution in [0.15, 0.2) is 0 Å². The summed E-state index contributed by atoms with van der Waals surface area (Å²) in [5.74, 6) is 0.787. The summed E-state index contributed by atoms with van der Waals surface area (Å²) >= 11 is 2.04. The van der Waals surface area contributed by atoms with Gasteiger partial charge in [0.1, 0.15) is 0 Å². The molecule has 0 amide bonds. The molecule has 0 aromatic rings. The summed E-state index contributed by atoms with van der Waals surface area (Å²) in [7, 11) is 0. The molecule has 2 atom stereocenters. The minimum atomic E-state index is 0.787. The first-order valence-electron chi connectivity index (χ1n) is 5.48. The number of hydrogen-bond acceptors (Lipinski definition) is 2. The lowest BCUT2D eigenvalue weighted by Gasteiger charge is -2.29. The van der Waals surface area contributed by atoms with E-state index in [4.69, 9.17) is 0 Å². The van der Waals surface area contributed by atoms with E-state index in [2.05, 4.69) is 25.4 Å². The maximum atomic E-state index is 3.67. The second-order valence-corrected chi connectivity index (χ2v) is 5.66. The van der Waals surface area contributed by atoms with Gasteiger partial charge in [0.25, 0.3) is 0 Å². The molecular formula is C11H23NS. The Morgan fingerprint density at radius 1 is 1.38 bits per heavy atom. The van der Waals surface area contributed by atoms with Gasteiger partial charge in [-0.2, -0.15) is 11.8 Å². The van der Waals surface area contributed by atoms with Gasteiger partial charge in [0.15, 0.2) is 0 Å². The standard InChI is InChI=1S/C11H23NS/c1-9(2)8-12-10-5-4-6-11(7-10)13-3/h9-12H,4-8H2,1-3H3. The molecule has 2 heteroatoms. The molecule has 1 aliphatic carbocycles. The third-order valence-corrected chi connectivity index (χ3v) is 3.87. The molecule has 1 N–H and O–H groups in total. The van der Waals surface area contributed by atoms with Crippen LogP contribution in [-0.4, -0.2) is 24.1 Å². The first-order valence-corrected chi connectivity index (χ1v) is 6.77. The van der Waals surface area contributed by atoms with Crippen LogP contribution in [0.1, 0.15) is 39.5 Å². The van der Waals surface area contributed by atoms with E-state index < -0.39 is 0 Å². The molecule has 2 unspecified atom stereocenters. The predicted octanol–water partition coefficient (Wildman–Crippen LogP) is 2.91. The first kappa shape index (κ1) is 11.4. The normalized spacial score (nSPS) is 29.5. The lowest BCUT2D eigenvalue weighted by Crippen LogP contribution is -2.37. The molecule has 1 aliphatic rings. The van der Waals surface area contributed by atoms with Crippen LogP contribution in [0.3, 0.4) is 0 Å². The molecule has 13 heavy (non-hydrogen) atoms. The van der Waals surface area contributed by atoms with E-state index in [9.17, 15) is 0 Å². The van der Waals surface area contributed by atoms with Gasteiger partial charge < -0.3 is 5.32 Å². The number of thioether (sulfide) groups is 1. The van der Waals surface area contributed by atoms with Crippen LogP contribution >= 0.6 is 11.8 Å². The van der Waals surface area contributed by atoms with E-state index in [0.29, 0.717) is 0 Å². The predicted molar refractivity (Wildman–Crippen MR) is 62.4 cm³/mol. The molecule has 1 nitrogen and oxygen atoms in total. The molecule has 0 aromatic carbocycles. The van der Waals surface area contributed by atoms with E-state index >= 15 is 0 Å². The molecule has 0 aliphatic heterocycles. The van der Waals surface area contributed by atoms with Crippen molar-refractivity contribution in [2.45, 2.75) is 50.8 Å². The van der Waals surface area contributed by atoms with Crippen molar-refractivity contribution in [2.24, 2.45) is 5.92 Å². The van der Waals surface area contributed by atoms with Crippen LogP contribution in [0.5, 0.6) is 0 Å². The van der Waals surface area contributed by atoms with Crippen LogP contribution in [0.2, 0.25) is 0 Å². The summed E-state index contributed by atoms with van der Waals surface area (Å²) in [4.78, 5) is 0. The van der Waals surface area contributed by atoms with Crippen molar-refractivity contribution < 1.29 is 0 Å². The largest absolute Gasteiger partial charge is 0.314 e. The lowest BCUT2D eigenvalue weighted by atomic mass is 9.94. The molecule has 0 aromatic heterocycles. The van der Waals surface area contributed by atoms with Crippen LogP contribution in [0.4, 0.5) is 0 Å². The summed E-state index contributed by atoms with van der Waals surface area (Å²) in [6.07, 6.45) is 7.87. The minimum absolute atomic E-state index is 0.787. The third-order valence-electron chi connectivity index (χ3n) is 2.77. The highest BCUT2D eigenvalue weighted by Crippen LogP contribution is 2.26. The fraction of sp³-hybridized carbons (Fsp3) is 1.00. The molecule has 0 radical (unpaired) electrons. The monoisotopic (exact) mass is 201 g/mol. The summed E-state index contributed by atoms with van der Waals surface area (Å²) in [5, 5.41) is 4.59. The number of rotatable bonds is 4. The summed E-state index contributed by atoms with van der Waals surface area (Å²) in [6.45, 7) is 5.75. The Hall–Kier alpha value is 0.310. The van der Waals surface area contributed by atoms with E-state index in [1.165, 1.54) is 32.2 Å². The highest BCUT2D eigenvalue weighted by atomic mass is 32.2. The van der Waals surface area contributed by atoms with Gasteiger partial charge in [0, 0.05) is 11.3 Å². The molecule has 78 valence electrons. The van der Waals surface area contributed by atoms with Gasteiger partial charge in [-0.05, 0) is 38.0 Å². The minimum Gasteiger partial charge on any atom is -0.314 e. The molecule has 0 saturated heterocycles. The topological polar surface area (TPSA) is 12.0 Å². The van der Waals surface area contributed by atoms with Crippen LogP contribution in [-0.2, 0) is 0 Å². The SMILES string of the molecule is CSC1CCCC(NCC(C)C)C1.